The topological polar surface area (TPSA) is 82.6 Å². The van der Waals surface area contributed by atoms with E-state index in [1.165, 1.54) is 21.1 Å². The third kappa shape index (κ3) is 4.59. The molecule has 2 aromatic rings. The van der Waals surface area contributed by atoms with Gasteiger partial charge in [0, 0.05) is 12.7 Å². The average Bonchev–Trinajstić information content (AvgIpc) is 3.07. The van der Waals surface area contributed by atoms with Gasteiger partial charge in [0.1, 0.15) is 22.3 Å². The largest absolute Gasteiger partial charge is 0.391 e. The molecule has 2 aliphatic heterocycles. The van der Waals surface area contributed by atoms with Crippen molar-refractivity contribution in [2.24, 2.45) is 0 Å². The molecule has 8 nitrogen and oxygen atoms in total. The van der Waals surface area contributed by atoms with Gasteiger partial charge in [0.25, 0.3) is 11.5 Å². The lowest BCUT2D eigenvalue weighted by Gasteiger charge is -2.33. The molecule has 0 radical (unpaired) electrons. The number of quaternary nitrogens is 1. The van der Waals surface area contributed by atoms with Crippen molar-refractivity contribution in [2.75, 3.05) is 50.8 Å². The molecule has 2 aliphatic rings. The minimum absolute atomic E-state index is 0.144. The number of anilines is 1. The summed E-state index contributed by atoms with van der Waals surface area (Å²) in [6, 6.07) is 5.46. The number of aromatic nitrogens is 2. The van der Waals surface area contributed by atoms with E-state index in [2.05, 4.69) is 11.8 Å². The molecular weight excluding hydrogens is 446 g/mol. The second-order valence-electron chi connectivity index (χ2n) is 7.98. The van der Waals surface area contributed by atoms with Gasteiger partial charge in [-0.1, -0.05) is 43.4 Å². The van der Waals surface area contributed by atoms with Crippen molar-refractivity contribution in [1.82, 2.24) is 14.3 Å². The molecular formula is C22H28N5O3S2+. The SMILES string of the molecule is CCCCN1C(=O)/C(=C/c2c(N3CC[NH+](CCO)CC3)nc3ccccn3c2=O)SC1=S. The Morgan fingerprint density at radius 2 is 2.06 bits per heavy atom. The summed E-state index contributed by atoms with van der Waals surface area (Å²) in [4.78, 5) is 36.8. The highest BCUT2D eigenvalue weighted by Gasteiger charge is 2.33. The van der Waals surface area contributed by atoms with Crippen molar-refractivity contribution in [2.45, 2.75) is 19.8 Å². The van der Waals surface area contributed by atoms with Crippen molar-refractivity contribution >= 4 is 51.7 Å². The number of pyridine rings is 1. The Kier molecular flexibility index (Phi) is 7.24. The molecule has 0 atom stereocenters. The Bertz CT molecular complexity index is 1110. The number of rotatable bonds is 7. The van der Waals surface area contributed by atoms with Crippen LogP contribution in [0.15, 0.2) is 34.1 Å². The summed E-state index contributed by atoms with van der Waals surface area (Å²) in [5.74, 6) is 0.456. The second-order valence-corrected chi connectivity index (χ2v) is 9.66. The van der Waals surface area contributed by atoms with Gasteiger partial charge in [0.15, 0.2) is 0 Å². The quantitative estimate of drug-likeness (QED) is 0.444. The summed E-state index contributed by atoms with van der Waals surface area (Å²) in [5.41, 5.74) is 0.787. The smallest absolute Gasteiger partial charge is 0.267 e. The summed E-state index contributed by atoms with van der Waals surface area (Å²) in [7, 11) is 0. The number of unbranched alkanes of at least 4 members (excludes halogenated alkanes) is 1. The molecule has 170 valence electrons. The number of nitrogens with zero attached hydrogens (tertiary/aromatic N) is 4. The van der Waals surface area contributed by atoms with Crippen LogP contribution in [-0.2, 0) is 4.79 Å². The van der Waals surface area contributed by atoms with Gasteiger partial charge in [0.2, 0.25) is 0 Å². The van der Waals surface area contributed by atoms with Crippen LogP contribution in [-0.4, -0.2) is 75.5 Å². The first-order valence-electron chi connectivity index (χ1n) is 11.0. The maximum absolute atomic E-state index is 13.4. The van der Waals surface area contributed by atoms with Crippen LogP contribution < -0.4 is 15.4 Å². The van der Waals surface area contributed by atoms with E-state index in [0.717, 1.165) is 39.0 Å². The van der Waals surface area contributed by atoms with Crippen LogP contribution in [0.5, 0.6) is 0 Å². The number of carbonyl (C=O) groups excluding carboxylic acids is 1. The molecule has 4 rings (SSSR count). The standard InChI is InChI=1S/C22H27N5O3S2/c1-2-3-7-27-21(30)17(32-22(27)31)15-16-19(25-11-9-24(10-12-25)13-14-28)23-18-6-4-5-8-26(18)20(16)29/h4-6,8,15,28H,2-3,7,9-14H2,1H3/p+1/b17-15-. The molecule has 2 aromatic heterocycles. The summed E-state index contributed by atoms with van der Waals surface area (Å²) >= 11 is 6.67. The zero-order valence-electron chi connectivity index (χ0n) is 18.1. The maximum Gasteiger partial charge on any atom is 0.267 e. The van der Waals surface area contributed by atoms with Crippen LogP contribution in [0.3, 0.4) is 0 Å². The number of thioether (sulfide) groups is 1. The Morgan fingerprint density at radius 1 is 1.28 bits per heavy atom. The van der Waals surface area contributed by atoms with Crippen LogP contribution in [0.4, 0.5) is 5.82 Å². The Balaban J connectivity index is 1.73. The number of fused-ring (bicyclic) bond motifs is 1. The van der Waals surface area contributed by atoms with Crippen LogP contribution in [0, 0.1) is 0 Å². The number of carbonyl (C=O) groups is 1. The first kappa shape index (κ1) is 22.9. The van der Waals surface area contributed by atoms with Crippen LogP contribution >= 0.6 is 24.0 Å². The first-order valence-corrected chi connectivity index (χ1v) is 12.2. The Hall–Kier alpha value is -2.27. The lowest BCUT2D eigenvalue weighted by atomic mass is 10.2. The van der Waals surface area contributed by atoms with E-state index in [1.807, 2.05) is 12.1 Å². The summed E-state index contributed by atoms with van der Waals surface area (Å²) in [6.07, 6.45) is 5.22. The Labute approximate surface area is 196 Å². The fourth-order valence-corrected chi connectivity index (χ4v) is 5.33. The number of hydrogen-bond acceptors (Lipinski definition) is 7. The van der Waals surface area contributed by atoms with Gasteiger partial charge < -0.3 is 14.9 Å². The van der Waals surface area contributed by atoms with E-state index in [-0.39, 0.29) is 18.1 Å². The highest BCUT2D eigenvalue weighted by molar-refractivity contribution is 8.26. The third-order valence-electron chi connectivity index (χ3n) is 5.87. The number of aliphatic hydroxyl groups is 1. The van der Waals surface area contributed by atoms with E-state index in [0.29, 0.717) is 39.3 Å². The highest BCUT2D eigenvalue weighted by Crippen LogP contribution is 2.33. The van der Waals surface area contributed by atoms with Gasteiger partial charge in [-0.15, -0.1) is 0 Å². The second kappa shape index (κ2) is 10.1. The molecule has 0 aromatic carbocycles. The molecule has 10 heteroatoms. The van der Waals surface area contributed by atoms with Crippen molar-refractivity contribution in [3.63, 3.8) is 0 Å². The fraction of sp³-hybridized carbons (Fsp3) is 0.455. The van der Waals surface area contributed by atoms with Gasteiger partial charge in [-0.2, -0.15) is 0 Å². The zero-order chi connectivity index (χ0) is 22.7. The molecule has 2 saturated heterocycles. The van der Waals surface area contributed by atoms with Crippen molar-refractivity contribution in [3.8, 4) is 0 Å². The molecule has 2 N–H and O–H groups in total. The predicted octanol–water partition coefficient (Wildman–Crippen LogP) is 0.393. The van der Waals surface area contributed by atoms with Gasteiger partial charge in [0.05, 0.1) is 43.3 Å². The number of piperazine rings is 1. The molecule has 0 aliphatic carbocycles. The minimum atomic E-state index is -0.199. The molecule has 0 bridgehead atoms. The normalized spacial score (nSPS) is 19.0. The van der Waals surface area contributed by atoms with Crippen molar-refractivity contribution < 1.29 is 14.8 Å². The molecule has 1 amide bonds. The average molecular weight is 475 g/mol. The summed E-state index contributed by atoms with van der Waals surface area (Å²) in [5, 5.41) is 9.23. The van der Waals surface area contributed by atoms with Gasteiger partial charge >= 0.3 is 0 Å². The lowest BCUT2D eigenvalue weighted by molar-refractivity contribution is -0.900. The van der Waals surface area contributed by atoms with E-state index in [9.17, 15) is 14.7 Å². The molecule has 32 heavy (non-hydrogen) atoms. The van der Waals surface area contributed by atoms with E-state index in [4.69, 9.17) is 17.2 Å². The number of hydrogen-bond donors (Lipinski definition) is 2. The monoisotopic (exact) mass is 474 g/mol. The van der Waals surface area contributed by atoms with E-state index >= 15 is 0 Å². The highest BCUT2D eigenvalue weighted by atomic mass is 32.2. The lowest BCUT2D eigenvalue weighted by Crippen LogP contribution is -3.15. The van der Waals surface area contributed by atoms with E-state index in [1.54, 1.807) is 23.2 Å². The predicted molar refractivity (Wildman–Crippen MR) is 131 cm³/mol. The number of nitrogens with one attached hydrogen (secondary N) is 1. The third-order valence-corrected chi connectivity index (χ3v) is 7.25. The molecule has 0 spiro atoms. The zero-order valence-corrected chi connectivity index (χ0v) is 19.8. The van der Waals surface area contributed by atoms with Crippen LogP contribution in [0.2, 0.25) is 0 Å². The van der Waals surface area contributed by atoms with Gasteiger partial charge in [-0.3, -0.25) is 18.9 Å². The summed E-state index contributed by atoms with van der Waals surface area (Å²) < 4.78 is 2.05. The fourth-order valence-electron chi connectivity index (χ4n) is 4.04. The summed E-state index contributed by atoms with van der Waals surface area (Å²) in [6.45, 7) is 6.71. The Morgan fingerprint density at radius 3 is 2.78 bits per heavy atom. The molecule has 2 fully saturated rings. The van der Waals surface area contributed by atoms with Crippen molar-refractivity contribution in [1.29, 1.82) is 0 Å². The number of thiocarbonyl (C=S) groups is 1. The number of amides is 1. The minimum Gasteiger partial charge on any atom is -0.391 e. The maximum atomic E-state index is 13.4. The van der Waals surface area contributed by atoms with E-state index < -0.39 is 0 Å². The van der Waals surface area contributed by atoms with Crippen molar-refractivity contribution in [3.05, 3.63) is 45.2 Å². The molecule has 4 heterocycles. The van der Waals surface area contributed by atoms with Gasteiger partial charge in [-0.25, -0.2) is 4.98 Å². The molecule has 0 saturated carbocycles. The molecule has 0 unspecified atom stereocenters. The number of aliphatic hydroxyl groups excluding tert-OH is 1. The van der Waals surface area contributed by atoms with Crippen LogP contribution in [0.25, 0.3) is 11.7 Å². The first-order chi connectivity index (χ1) is 15.5. The van der Waals surface area contributed by atoms with Gasteiger partial charge in [-0.05, 0) is 24.6 Å². The van der Waals surface area contributed by atoms with Crippen LogP contribution in [0.1, 0.15) is 25.3 Å².